The third-order valence-corrected chi connectivity index (χ3v) is 4.87. The summed E-state index contributed by atoms with van der Waals surface area (Å²) in [6.45, 7) is 4.00. The Morgan fingerprint density at radius 3 is 2.62 bits per heavy atom. The van der Waals surface area contributed by atoms with Crippen LogP contribution in [0.4, 0.5) is 0 Å². The molecule has 0 spiro atoms. The van der Waals surface area contributed by atoms with Crippen LogP contribution in [0.5, 0.6) is 5.75 Å². The number of hydrogen-bond acceptors (Lipinski definition) is 5. The monoisotopic (exact) mass is 314 g/mol. The molecule has 1 rings (SSSR count). The fourth-order valence-corrected chi connectivity index (χ4v) is 3.73. The molecule has 0 aliphatic rings. The fourth-order valence-electron chi connectivity index (χ4n) is 1.70. The highest BCUT2D eigenvalue weighted by Crippen LogP contribution is 2.44. The molecular weight excluding hydrogens is 291 g/mol. The maximum atomic E-state index is 12.9. The van der Waals surface area contributed by atoms with E-state index in [0.29, 0.717) is 18.7 Å². The second-order valence-corrected chi connectivity index (χ2v) is 6.78. The van der Waals surface area contributed by atoms with Crippen LogP contribution in [0, 0.1) is 0 Å². The lowest BCUT2D eigenvalue weighted by molar-refractivity contribution is -0.144. The predicted octanol–water partition coefficient (Wildman–Crippen LogP) is 2.15. The Labute approximate surface area is 125 Å². The van der Waals surface area contributed by atoms with E-state index < -0.39 is 19.5 Å². The van der Waals surface area contributed by atoms with E-state index in [-0.39, 0.29) is 12.8 Å². The highest BCUT2D eigenvalue weighted by Gasteiger charge is 2.29. The second-order valence-electron chi connectivity index (χ2n) is 4.55. The van der Waals surface area contributed by atoms with Gasteiger partial charge in [0.1, 0.15) is 11.8 Å². The zero-order valence-corrected chi connectivity index (χ0v) is 13.3. The molecule has 21 heavy (non-hydrogen) atoms. The van der Waals surface area contributed by atoms with Crippen LogP contribution in [0.25, 0.3) is 0 Å². The molecule has 118 valence electrons. The minimum atomic E-state index is -3.22. The quantitative estimate of drug-likeness (QED) is 0.536. The van der Waals surface area contributed by atoms with Crippen LogP contribution >= 0.6 is 7.52 Å². The van der Waals surface area contributed by atoms with E-state index in [1.807, 2.05) is 6.07 Å². The molecule has 3 N–H and O–H groups in total. The number of carbonyl (C=O) groups excluding carboxylic acids is 1. The van der Waals surface area contributed by atoms with Crippen molar-refractivity contribution in [3.8, 4) is 5.75 Å². The predicted molar refractivity (Wildman–Crippen MR) is 82.4 cm³/mol. The summed E-state index contributed by atoms with van der Waals surface area (Å²) in [5.74, 6) is 0.0311. The fraction of sp³-hybridized carbons (Fsp3) is 0.500. The van der Waals surface area contributed by atoms with Gasteiger partial charge in [0, 0.05) is 0 Å². The number of nitrogens with two attached hydrogens (primary N) is 1. The Morgan fingerprint density at radius 2 is 2.05 bits per heavy atom. The summed E-state index contributed by atoms with van der Waals surface area (Å²) in [6, 6.07) is 8.14. The Morgan fingerprint density at radius 1 is 1.38 bits per heavy atom. The van der Waals surface area contributed by atoms with Gasteiger partial charge in [-0.25, -0.2) is 5.09 Å². The summed E-state index contributed by atoms with van der Waals surface area (Å²) >= 11 is 0. The number of carbonyl (C=O) groups is 1. The molecule has 0 bridgehead atoms. The standard InChI is InChI=1S/C14H23N2O4P/c1-3-19-14(17)12(2)16-21(18,11-7-10-15)20-13-8-5-4-6-9-13/h4-6,8-9,12H,3,7,10-11,15H2,1-2H3,(H,16,18). The van der Waals surface area contributed by atoms with Gasteiger partial charge in [0.05, 0.1) is 12.8 Å². The Hall–Kier alpha value is -1.36. The second kappa shape index (κ2) is 8.82. The summed E-state index contributed by atoms with van der Waals surface area (Å²) in [4.78, 5) is 11.7. The average Bonchev–Trinajstić information content (AvgIpc) is 2.46. The van der Waals surface area contributed by atoms with Gasteiger partial charge in [-0.2, -0.15) is 0 Å². The molecule has 0 aliphatic carbocycles. The minimum Gasteiger partial charge on any atom is -0.465 e. The molecule has 2 atom stereocenters. The number of rotatable bonds is 9. The van der Waals surface area contributed by atoms with Crippen LogP contribution in [0.3, 0.4) is 0 Å². The van der Waals surface area contributed by atoms with Crippen molar-refractivity contribution in [1.29, 1.82) is 0 Å². The van der Waals surface area contributed by atoms with Gasteiger partial charge in [0.25, 0.3) is 0 Å². The van der Waals surface area contributed by atoms with Crippen molar-refractivity contribution in [1.82, 2.24) is 5.09 Å². The van der Waals surface area contributed by atoms with E-state index in [1.54, 1.807) is 38.1 Å². The summed E-state index contributed by atoms with van der Waals surface area (Å²) in [7, 11) is -3.22. The van der Waals surface area contributed by atoms with E-state index in [2.05, 4.69) is 5.09 Å². The topological polar surface area (TPSA) is 90.7 Å². The first-order chi connectivity index (χ1) is 10.0. The van der Waals surface area contributed by atoms with Gasteiger partial charge < -0.3 is 15.0 Å². The Bertz CT molecular complexity index is 481. The largest absolute Gasteiger partial charge is 0.465 e. The summed E-state index contributed by atoms with van der Waals surface area (Å²) in [5, 5.41) is 2.76. The molecule has 1 aromatic carbocycles. The van der Waals surface area contributed by atoms with Crippen molar-refractivity contribution in [2.24, 2.45) is 5.73 Å². The molecular formula is C14H23N2O4P. The summed E-state index contributed by atoms with van der Waals surface area (Å²) in [6.07, 6.45) is 0.787. The van der Waals surface area contributed by atoms with Crippen LogP contribution in [0.1, 0.15) is 20.3 Å². The van der Waals surface area contributed by atoms with Crippen molar-refractivity contribution >= 4 is 13.5 Å². The molecule has 0 saturated heterocycles. The Balaban J connectivity index is 2.78. The lowest BCUT2D eigenvalue weighted by Gasteiger charge is -2.23. The zero-order chi connectivity index (χ0) is 15.7. The Kier molecular flexibility index (Phi) is 7.43. The molecule has 0 radical (unpaired) electrons. The minimum absolute atomic E-state index is 0.252. The molecule has 0 fully saturated rings. The summed E-state index contributed by atoms with van der Waals surface area (Å²) in [5.41, 5.74) is 5.47. The lowest BCUT2D eigenvalue weighted by Crippen LogP contribution is -2.35. The van der Waals surface area contributed by atoms with E-state index in [9.17, 15) is 9.36 Å². The van der Waals surface area contributed by atoms with Crippen LogP contribution in [0.2, 0.25) is 0 Å². The highest BCUT2D eigenvalue weighted by molar-refractivity contribution is 7.57. The van der Waals surface area contributed by atoms with Crippen LogP contribution < -0.4 is 15.3 Å². The maximum absolute atomic E-state index is 12.9. The van der Waals surface area contributed by atoms with Crippen molar-refractivity contribution in [2.75, 3.05) is 19.3 Å². The molecule has 6 nitrogen and oxygen atoms in total. The van der Waals surface area contributed by atoms with Crippen molar-refractivity contribution in [3.05, 3.63) is 30.3 Å². The maximum Gasteiger partial charge on any atom is 0.323 e. The lowest BCUT2D eigenvalue weighted by atomic mass is 10.3. The third kappa shape index (κ3) is 6.29. The highest BCUT2D eigenvalue weighted by atomic mass is 31.2. The smallest absolute Gasteiger partial charge is 0.323 e. The van der Waals surface area contributed by atoms with E-state index in [1.165, 1.54) is 0 Å². The molecule has 0 aromatic heterocycles. The van der Waals surface area contributed by atoms with Gasteiger partial charge in [0.2, 0.25) is 0 Å². The van der Waals surface area contributed by atoms with Gasteiger partial charge in [0.15, 0.2) is 0 Å². The van der Waals surface area contributed by atoms with Gasteiger partial charge >= 0.3 is 13.5 Å². The molecule has 0 heterocycles. The van der Waals surface area contributed by atoms with Crippen molar-refractivity contribution in [2.45, 2.75) is 26.3 Å². The van der Waals surface area contributed by atoms with Crippen LogP contribution in [0.15, 0.2) is 30.3 Å². The number of para-hydroxylation sites is 1. The zero-order valence-electron chi connectivity index (χ0n) is 12.5. The van der Waals surface area contributed by atoms with Crippen molar-refractivity contribution in [3.63, 3.8) is 0 Å². The van der Waals surface area contributed by atoms with Crippen LogP contribution in [-0.2, 0) is 14.1 Å². The molecule has 7 heteroatoms. The van der Waals surface area contributed by atoms with Gasteiger partial charge in [-0.05, 0) is 38.9 Å². The molecule has 1 aromatic rings. The number of nitrogens with one attached hydrogen (secondary N) is 1. The third-order valence-electron chi connectivity index (χ3n) is 2.68. The van der Waals surface area contributed by atoms with Crippen LogP contribution in [-0.4, -0.2) is 31.3 Å². The number of hydrogen-bond donors (Lipinski definition) is 2. The first-order valence-corrected chi connectivity index (χ1v) is 8.80. The van der Waals surface area contributed by atoms with E-state index in [4.69, 9.17) is 15.0 Å². The molecule has 2 unspecified atom stereocenters. The van der Waals surface area contributed by atoms with E-state index >= 15 is 0 Å². The first-order valence-electron chi connectivity index (χ1n) is 6.99. The normalized spacial score (nSPS) is 15.0. The molecule has 0 amide bonds. The molecule has 0 aliphatic heterocycles. The van der Waals surface area contributed by atoms with Gasteiger partial charge in [-0.15, -0.1) is 0 Å². The number of ether oxygens (including phenoxy) is 1. The van der Waals surface area contributed by atoms with Gasteiger partial charge in [-0.3, -0.25) is 9.36 Å². The van der Waals surface area contributed by atoms with E-state index in [0.717, 1.165) is 0 Å². The average molecular weight is 314 g/mol. The SMILES string of the molecule is CCOC(=O)C(C)NP(=O)(CCCN)Oc1ccccc1. The molecule has 0 saturated carbocycles. The number of esters is 1. The van der Waals surface area contributed by atoms with Gasteiger partial charge in [-0.1, -0.05) is 18.2 Å². The number of benzene rings is 1. The first kappa shape index (κ1) is 17.7. The van der Waals surface area contributed by atoms with Crippen molar-refractivity contribution < 1.29 is 18.6 Å². The summed E-state index contributed by atoms with van der Waals surface area (Å²) < 4.78 is 23.3.